The van der Waals surface area contributed by atoms with Gasteiger partial charge in [-0.3, -0.25) is 19.3 Å². The number of benzene rings is 2. The zero-order valence-corrected chi connectivity index (χ0v) is 26.9. The number of aliphatic carboxylic acids is 1. The van der Waals surface area contributed by atoms with E-state index in [1.165, 1.54) is 13.0 Å². The molecule has 0 saturated carbocycles. The van der Waals surface area contributed by atoms with Crippen molar-refractivity contribution >= 4 is 23.5 Å². The van der Waals surface area contributed by atoms with Crippen molar-refractivity contribution in [3.8, 4) is 5.75 Å². The molecule has 240 valence electrons. The van der Waals surface area contributed by atoms with Gasteiger partial charge in [0.25, 0.3) is 0 Å². The van der Waals surface area contributed by atoms with Crippen molar-refractivity contribution in [1.29, 1.82) is 0 Å². The average Bonchev–Trinajstić information content (AvgIpc) is 3.59. The maximum atomic E-state index is 14.4. The molecule has 8 nitrogen and oxygen atoms in total. The number of anilines is 1. The van der Waals surface area contributed by atoms with Gasteiger partial charge in [-0.1, -0.05) is 38.8 Å². The summed E-state index contributed by atoms with van der Waals surface area (Å²) < 4.78 is 20.0. The van der Waals surface area contributed by atoms with Crippen molar-refractivity contribution in [2.24, 2.45) is 5.92 Å². The van der Waals surface area contributed by atoms with Crippen molar-refractivity contribution in [1.82, 2.24) is 9.80 Å². The van der Waals surface area contributed by atoms with E-state index in [2.05, 4.69) is 19.9 Å². The van der Waals surface area contributed by atoms with Gasteiger partial charge in [-0.15, -0.1) is 0 Å². The van der Waals surface area contributed by atoms with Gasteiger partial charge in [-0.25, -0.2) is 4.39 Å². The molecule has 0 bridgehead atoms. The predicted molar refractivity (Wildman–Crippen MR) is 170 cm³/mol. The third-order valence-corrected chi connectivity index (χ3v) is 9.33. The highest BCUT2D eigenvalue weighted by Crippen LogP contribution is 2.41. The summed E-state index contributed by atoms with van der Waals surface area (Å²) in [5, 5.41) is 10.6. The number of hydrogen-bond acceptors (Lipinski definition) is 5. The van der Waals surface area contributed by atoms with E-state index in [4.69, 9.17) is 4.74 Å². The molecule has 2 heterocycles. The van der Waals surface area contributed by atoms with Crippen molar-refractivity contribution < 1.29 is 28.6 Å². The predicted octanol–water partition coefficient (Wildman–Crippen LogP) is 5.80. The van der Waals surface area contributed by atoms with Gasteiger partial charge in [0.15, 0.2) is 0 Å². The molecule has 44 heavy (non-hydrogen) atoms. The van der Waals surface area contributed by atoms with Crippen LogP contribution in [0.3, 0.4) is 0 Å². The number of likely N-dealkylation sites (tertiary alicyclic amines) is 1. The SMILES string of the molecule is CCCC(CCC)N(C(=O)CN1C[C@H](c2ccc3c(c2)CCO3)[C@@H](C(=O)O)[C@@H]1CCN(CC)C(C)=O)c1ccc(F)c(C)c1. The van der Waals surface area contributed by atoms with Gasteiger partial charge in [0.2, 0.25) is 11.8 Å². The number of fused-ring (bicyclic) bond motifs is 1. The summed E-state index contributed by atoms with van der Waals surface area (Å²) in [7, 11) is 0. The number of carboxylic acid groups (broad SMARTS) is 1. The number of rotatable bonds is 14. The number of amides is 2. The Balaban J connectivity index is 1.70. The number of hydrogen-bond donors (Lipinski definition) is 1. The van der Waals surface area contributed by atoms with Gasteiger partial charge in [0.05, 0.1) is 19.1 Å². The van der Waals surface area contributed by atoms with Crippen LogP contribution < -0.4 is 9.64 Å². The number of halogens is 1. The third-order valence-electron chi connectivity index (χ3n) is 9.33. The maximum Gasteiger partial charge on any atom is 0.308 e. The van der Waals surface area contributed by atoms with Crippen LogP contribution in [0.25, 0.3) is 0 Å². The van der Waals surface area contributed by atoms with Crippen LogP contribution in [0.15, 0.2) is 36.4 Å². The lowest BCUT2D eigenvalue weighted by molar-refractivity contribution is -0.143. The molecule has 4 rings (SSSR count). The average molecular weight is 610 g/mol. The van der Waals surface area contributed by atoms with Crippen LogP contribution in [0.1, 0.15) is 82.4 Å². The van der Waals surface area contributed by atoms with Crippen LogP contribution in [0, 0.1) is 18.7 Å². The Bertz CT molecular complexity index is 1330. The number of carbonyl (C=O) groups is 3. The minimum atomic E-state index is -0.904. The van der Waals surface area contributed by atoms with E-state index in [-0.39, 0.29) is 36.1 Å². The second-order valence-electron chi connectivity index (χ2n) is 12.2. The Morgan fingerprint density at radius 3 is 2.43 bits per heavy atom. The van der Waals surface area contributed by atoms with Gasteiger partial charge in [0.1, 0.15) is 11.6 Å². The number of aryl methyl sites for hydroxylation is 1. The first-order valence-electron chi connectivity index (χ1n) is 16.2. The second-order valence-corrected chi connectivity index (χ2v) is 12.2. The molecular weight excluding hydrogens is 561 g/mol. The molecular formula is C35H48FN3O5. The smallest absolute Gasteiger partial charge is 0.308 e. The van der Waals surface area contributed by atoms with E-state index in [1.54, 1.807) is 24.0 Å². The van der Waals surface area contributed by atoms with Gasteiger partial charge < -0.3 is 19.6 Å². The first-order chi connectivity index (χ1) is 21.1. The Kier molecular flexibility index (Phi) is 11.4. The molecule has 2 aromatic rings. The summed E-state index contributed by atoms with van der Waals surface area (Å²) in [5.74, 6) is -1.65. The molecule has 0 spiro atoms. The molecule has 3 atom stereocenters. The molecule has 0 radical (unpaired) electrons. The summed E-state index contributed by atoms with van der Waals surface area (Å²) in [4.78, 5) is 45.1. The van der Waals surface area contributed by atoms with Crippen molar-refractivity contribution in [2.75, 3.05) is 37.7 Å². The van der Waals surface area contributed by atoms with Crippen LogP contribution >= 0.6 is 0 Å². The summed E-state index contributed by atoms with van der Waals surface area (Å²) >= 11 is 0. The lowest BCUT2D eigenvalue weighted by Crippen LogP contribution is -2.48. The van der Waals surface area contributed by atoms with Crippen LogP contribution in [0.2, 0.25) is 0 Å². The highest BCUT2D eigenvalue weighted by atomic mass is 19.1. The molecule has 2 aliphatic rings. The molecule has 2 aromatic carbocycles. The quantitative estimate of drug-likeness (QED) is 0.291. The fourth-order valence-electron chi connectivity index (χ4n) is 7.11. The molecule has 9 heteroatoms. The number of ether oxygens (including phenoxy) is 1. The largest absolute Gasteiger partial charge is 0.493 e. The minimum Gasteiger partial charge on any atom is -0.493 e. The first kappa shape index (κ1) is 33.4. The number of carbonyl (C=O) groups excluding carboxylic acids is 2. The van der Waals surface area contributed by atoms with Gasteiger partial charge in [-0.2, -0.15) is 0 Å². The molecule has 0 aromatic heterocycles. The Morgan fingerprint density at radius 1 is 1.09 bits per heavy atom. The van der Waals surface area contributed by atoms with E-state index in [0.717, 1.165) is 49.0 Å². The van der Waals surface area contributed by atoms with Gasteiger partial charge >= 0.3 is 5.97 Å². The van der Waals surface area contributed by atoms with Gasteiger partial charge in [-0.05, 0) is 74.1 Å². The maximum absolute atomic E-state index is 14.4. The number of carboxylic acids is 1. The number of nitrogens with zero attached hydrogens (tertiary/aromatic N) is 3. The van der Waals surface area contributed by atoms with Crippen molar-refractivity contribution in [3.63, 3.8) is 0 Å². The Morgan fingerprint density at radius 2 is 1.82 bits per heavy atom. The normalized spacial score (nSPS) is 19.6. The van der Waals surface area contributed by atoms with Crippen molar-refractivity contribution in [3.05, 3.63) is 58.9 Å². The lowest BCUT2D eigenvalue weighted by atomic mass is 9.83. The lowest BCUT2D eigenvalue weighted by Gasteiger charge is -2.35. The Hall–Kier alpha value is -3.46. The van der Waals surface area contributed by atoms with Gasteiger partial charge in [0, 0.05) is 56.7 Å². The summed E-state index contributed by atoms with van der Waals surface area (Å²) in [5.41, 5.74) is 3.14. The van der Waals surface area contributed by atoms with Crippen LogP contribution in [-0.4, -0.2) is 77.6 Å². The third kappa shape index (κ3) is 7.42. The van der Waals surface area contributed by atoms with Crippen LogP contribution in [-0.2, 0) is 20.8 Å². The topological polar surface area (TPSA) is 90.4 Å². The zero-order valence-electron chi connectivity index (χ0n) is 26.9. The van der Waals surface area contributed by atoms with E-state index >= 15 is 0 Å². The second kappa shape index (κ2) is 15.0. The molecule has 0 aliphatic carbocycles. The summed E-state index contributed by atoms with van der Waals surface area (Å²) in [6.45, 7) is 11.3. The molecule has 2 aliphatic heterocycles. The fourth-order valence-corrected chi connectivity index (χ4v) is 7.11. The monoisotopic (exact) mass is 609 g/mol. The van der Waals surface area contributed by atoms with Crippen LogP contribution in [0.4, 0.5) is 10.1 Å². The first-order valence-corrected chi connectivity index (χ1v) is 16.2. The van der Waals surface area contributed by atoms with E-state index in [0.29, 0.717) is 43.9 Å². The standard InChI is InChI=1S/C35H48FN3O5/c1-6-9-27(10-7-2)39(28-12-13-30(36)23(4)19-28)33(41)22-38-21-29(25-11-14-32-26(20-25)16-18-44-32)34(35(42)43)31(38)15-17-37(8-3)24(5)40/h11-14,19-20,27,29,31,34H,6-10,15-18,21-22H2,1-5H3,(H,42,43)/t29-,31+,34-/m1/s1. The summed E-state index contributed by atoms with van der Waals surface area (Å²) in [6, 6.07) is 10.2. The van der Waals surface area contributed by atoms with Crippen LogP contribution in [0.5, 0.6) is 5.75 Å². The molecule has 1 saturated heterocycles. The zero-order chi connectivity index (χ0) is 32.0. The minimum absolute atomic E-state index is 0.0333. The summed E-state index contributed by atoms with van der Waals surface area (Å²) in [6.07, 6.45) is 4.62. The molecule has 0 unspecified atom stereocenters. The highest BCUT2D eigenvalue weighted by molar-refractivity contribution is 5.95. The van der Waals surface area contributed by atoms with Crippen molar-refractivity contribution in [2.45, 2.75) is 91.1 Å². The Labute approximate surface area is 261 Å². The highest BCUT2D eigenvalue weighted by Gasteiger charge is 2.47. The van der Waals surface area contributed by atoms with E-state index < -0.39 is 17.9 Å². The van der Waals surface area contributed by atoms with E-state index in [1.807, 2.05) is 28.9 Å². The molecule has 1 fully saturated rings. The molecule has 2 amide bonds. The fraction of sp³-hybridized carbons (Fsp3) is 0.571. The molecule has 1 N–H and O–H groups in total. The van der Waals surface area contributed by atoms with E-state index in [9.17, 15) is 23.9 Å².